The Labute approximate surface area is 209 Å². The lowest BCUT2D eigenvalue weighted by molar-refractivity contribution is -0.143. The SMILES string of the molecule is CC(=O)N1C2=C3N(C(C)=O)C4NC1C(N2C(C)=O)N(C(=O)c1scc(Br)c1Br)C4N3C(C)=O. The predicted molar refractivity (Wildman–Crippen MR) is 121 cm³/mol. The van der Waals surface area contributed by atoms with Crippen LogP contribution < -0.4 is 5.32 Å². The quantitative estimate of drug-likeness (QED) is 0.517. The summed E-state index contributed by atoms with van der Waals surface area (Å²) in [6.07, 6.45) is -3.39. The van der Waals surface area contributed by atoms with Crippen LogP contribution in [0, 0.1) is 0 Å². The molecule has 11 nitrogen and oxygen atoms in total. The molecule has 3 saturated heterocycles. The van der Waals surface area contributed by atoms with E-state index < -0.39 is 54.2 Å². The smallest absolute Gasteiger partial charge is 0.268 e. The third kappa shape index (κ3) is 2.77. The summed E-state index contributed by atoms with van der Waals surface area (Å²) in [5, 5.41) is 5.01. The van der Waals surface area contributed by atoms with Crippen LogP contribution in [0.4, 0.5) is 0 Å². The first kappa shape index (κ1) is 22.5. The van der Waals surface area contributed by atoms with Gasteiger partial charge in [-0.3, -0.25) is 53.8 Å². The van der Waals surface area contributed by atoms with E-state index in [4.69, 9.17) is 0 Å². The number of piperazine rings is 1. The molecule has 6 bridgehead atoms. The minimum absolute atomic E-state index is 0.120. The fraction of sp³-hybridized carbons (Fsp3) is 0.421. The number of halogens is 2. The van der Waals surface area contributed by atoms with Gasteiger partial charge in [0.25, 0.3) is 5.91 Å². The van der Waals surface area contributed by atoms with E-state index in [1.54, 1.807) is 5.38 Å². The maximum absolute atomic E-state index is 14.0. The first-order valence-corrected chi connectivity index (χ1v) is 12.4. The van der Waals surface area contributed by atoms with Crippen LogP contribution in [0.15, 0.2) is 26.0 Å². The van der Waals surface area contributed by atoms with Gasteiger partial charge in [0.05, 0.1) is 4.47 Å². The lowest BCUT2D eigenvalue weighted by atomic mass is 10.1. The highest BCUT2D eigenvalue weighted by molar-refractivity contribution is 9.13. The van der Waals surface area contributed by atoms with Crippen LogP contribution in [-0.4, -0.2) is 78.7 Å². The fourth-order valence-corrected chi connectivity index (χ4v) is 7.20. The third-order valence-electron chi connectivity index (χ3n) is 6.15. The van der Waals surface area contributed by atoms with Gasteiger partial charge in [0, 0.05) is 37.5 Å². The Hall–Kier alpha value is -2.29. The van der Waals surface area contributed by atoms with Gasteiger partial charge in [-0.1, -0.05) is 0 Å². The van der Waals surface area contributed by atoms with Gasteiger partial charge < -0.3 is 0 Å². The Balaban J connectivity index is 1.83. The lowest BCUT2D eigenvalue weighted by Gasteiger charge is -2.48. The van der Waals surface area contributed by atoms with Crippen molar-refractivity contribution >= 4 is 72.7 Å². The summed E-state index contributed by atoms with van der Waals surface area (Å²) in [6, 6.07) is 0. The Morgan fingerprint density at radius 3 is 1.55 bits per heavy atom. The maximum atomic E-state index is 14.0. The zero-order chi connectivity index (χ0) is 24.1. The van der Waals surface area contributed by atoms with Crippen LogP contribution in [0.3, 0.4) is 0 Å². The first-order chi connectivity index (χ1) is 15.5. The van der Waals surface area contributed by atoms with Crippen molar-refractivity contribution in [3.63, 3.8) is 0 Å². The topological polar surface area (TPSA) is 114 Å². The van der Waals surface area contributed by atoms with Crippen LogP contribution in [0.5, 0.6) is 0 Å². The summed E-state index contributed by atoms with van der Waals surface area (Å²) >= 11 is 8.02. The number of thiophene rings is 1. The van der Waals surface area contributed by atoms with E-state index in [0.29, 0.717) is 13.8 Å². The van der Waals surface area contributed by atoms with E-state index in [0.717, 1.165) is 0 Å². The second kappa shape index (κ2) is 7.35. The Kier molecular flexibility index (Phi) is 5.01. The summed E-state index contributed by atoms with van der Waals surface area (Å²) in [5.41, 5.74) is 0. The van der Waals surface area contributed by atoms with Crippen LogP contribution in [0.25, 0.3) is 0 Å². The zero-order valence-electron chi connectivity index (χ0n) is 17.8. The lowest BCUT2D eigenvalue weighted by Crippen LogP contribution is -2.75. The van der Waals surface area contributed by atoms with Crippen molar-refractivity contribution in [1.29, 1.82) is 0 Å². The second-order valence-corrected chi connectivity index (χ2v) is 10.6. The summed E-state index contributed by atoms with van der Waals surface area (Å²) in [7, 11) is 0. The van der Waals surface area contributed by atoms with Gasteiger partial charge in [-0.05, 0) is 31.9 Å². The molecule has 0 saturated carbocycles. The van der Waals surface area contributed by atoms with Crippen molar-refractivity contribution in [2.24, 2.45) is 0 Å². The monoisotopic (exact) mass is 600 g/mol. The first-order valence-electron chi connectivity index (χ1n) is 9.93. The van der Waals surface area contributed by atoms with Crippen molar-refractivity contribution in [3.05, 3.63) is 30.8 Å². The van der Waals surface area contributed by atoms with Crippen LogP contribution >= 0.6 is 43.2 Å². The van der Waals surface area contributed by atoms with Crippen LogP contribution in [-0.2, 0) is 19.2 Å². The van der Waals surface area contributed by atoms with Crippen LogP contribution in [0.1, 0.15) is 37.4 Å². The molecule has 1 aromatic heterocycles. The summed E-state index contributed by atoms with van der Waals surface area (Å²) in [4.78, 5) is 72.5. The largest absolute Gasteiger partial charge is 0.289 e. The minimum Gasteiger partial charge on any atom is -0.289 e. The van der Waals surface area contributed by atoms with Crippen molar-refractivity contribution in [2.45, 2.75) is 52.4 Å². The highest BCUT2D eigenvalue weighted by Gasteiger charge is 2.69. The Bertz CT molecular complexity index is 1140. The van der Waals surface area contributed by atoms with E-state index in [2.05, 4.69) is 37.2 Å². The molecule has 4 atom stereocenters. The number of nitrogens with zero attached hydrogens (tertiary/aromatic N) is 5. The standard InChI is InChI=1S/C19H18Br2N6O5S/c1-6(28)23-13-15-25(8(3)30)17(23)18-24(7(2)29)14(22-13)16(26(18)9(4)31)27(15)19(32)12-11(21)10(20)5-33-12/h5,13-16,22H,1-4H3. The molecule has 4 unspecified atom stereocenters. The molecule has 3 fully saturated rings. The number of hydrogen-bond acceptors (Lipinski definition) is 7. The average Bonchev–Trinajstić information content (AvgIpc) is 3.28. The number of rotatable bonds is 1. The summed E-state index contributed by atoms with van der Waals surface area (Å²) < 4.78 is 1.23. The molecule has 0 aliphatic carbocycles. The highest BCUT2D eigenvalue weighted by atomic mass is 79.9. The molecule has 33 heavy (non-hydrogen) atoms. The Morgan fingerprint density at radius 1 is 0.788 bits per heavy atom. The summed E-state index contributed by atoms with van der Waals surface area (Å²) in [5.74, 6) is -1.84. The highest BCUT2D eigenvalue weighted by Crippen LogP contribution is 2.50. The van der Waals surface area contributed by atoms with Gasteiger partial charge in [-0.25, -0.2) is 0 Å². The molecule has 6 rings (SSSR count). The van der Waals surface area contributed by atoms with Crippen molar-refractivity contribution < 1.29 is 24.0 Å². The molecule has 0 radical (unpaired) electrons. The number of nitrogens with one attached hydrogen (secondary N) is 1. The number of carbonyl (C=O) groups is 5. The molecular weight excluding hydrogens is 584 g/mol. The van der Waals surface area contributed by atoms with E-state index in [9.17, 15) is 24.0 Å². The summed E-state index contributed by atoms with van der Waals surface area (Å²) in [6.45, 7) is 5.32. The molecule has 5 amide bonds. The molecule has 5 aliphatic rings. The van der Waals surface area contributed by atoms with Gasteiger partial charge in [-0.15, -0.1) is 11.3 Å². The second-order valence-electron chi connectivity index (χ2n) is 8.03. The molecule has 0 aromatic carbocycles. The van der Waals surface area contributed by atoms with Gasteiger partial charge in [0.1, 0.15) is 29.5 Å². The van der Waals surface area contributed by atoms with Crippen molar-refractivity contribution in [2.75, 3.05) is 0 Å². The minimum atomic E-state index is -0.906. The molecule has 5 aliphatic heterocycles. The van der Waals surface area contributed by atoms with Crippen molar-refractivity contribution in [3.8, 4) is 0 Å². The number of amides is 5. The van der Waals surface area contributed by atoms with Gasteiger partial charge in [-0.2, -0.15) is 0 Å². The van der Waals surface area contributed by atoms with E-state index in [1.165, 1.54) is 63.5 Å². The van der Waals surface area contributed by atoms with Gasteiger partial charge in [0.2, 0.25) is 23.6 Å². The molecule has 6 heterocycles. The van der Waals surface area contributed by atoms with Crippen molar-refractivity contribution in [1.82, 2.24) is 29.8 Å². The van der Waals surface area contributed by atoms with E-state index >= 15 is 0 Å². The Morgan fingerprint density at radius 2 is 1.21 bits per heavy atom. The molecule has 1 aromatic rings. The number of carbonyl (C=O) groups excluding carboxylic acids is 5. The van der Waals surface area contributed by atoms with E-state index in [1.807, 2.05) is 0 Å². The molecular formula is C19H18Br2N6O5S. The predicted octanol–water partition coefficient (Wildman–Crippen LogP) is 1.18. The van der Waals surface area contributed by atoms with Crippen LogP contribution in [0.2, 0.25) is 0 Å². The third-order valence-corrected chi connectivity index (χ3v) is 9.66. The normalized spacial score (nSPS) is 27.2. The molecule has 14 heteroatoms. The maximum Gasteiger partial charge on any atom is 0.268 e. The van der Waals surface area contributed by atoms with E-state index in [-0.39, 0.29) is 11.6 Å². The van der Waals surface area contributed by atoms with Gasteiger partial charge >= 0.3 is 0 Å². The van der Waals surface area contributed by atoms with Gasteiger partial charge in [0.15, 0.2) is 11.6 Å². The molecule has 174 valence electrons. The zero-order valence-corrected chi connectivity index (χ0v) is 21.8. The molecule has 1 N–H and O–H groups in total. The number of hydrogen-bond donors (Lipinski definition) is 1. The molecule has 0 spiro atoms. The fourth-order valence-electron chi connectivity index (χ4n) is 5.12. The average molecular weight is 602 g/mol.